The Balaban J connectivity index is 2.13. The molecule has 0 aliphatic carbocycles. The summed E-state index contributed by atoms with van der Waals surface area (Å²) in [7, 11) is -1.01. The van der Waals surface area contributed by atoms with E-state index < -0.39 is 10.8 Å². The van der Waals surface area contributed by atoms with E-state index in [-0.39, 0.29) is 0 Å². The highest BCUT2D eigenvalue weighted by Gasteiger charge is 2.21. The summed E-state index contributed by atoms with van der Waals surface area (Å²) >= 11 is 0. The van der Waals surface area contributed by atoms with Gasteiger partial charge in [-0.3, -0.25) is 0 Å². The number of hydrogen-bond donors (Lipinski definition) is 0. The van der Waals surface area contributed by atoms with Crippen molar-refractivity contribution in [1.82, 2.24) is 0 Å². The van der Waals surface area contributed by atoms with Gasteiger partial charge in [0.2, 0.25) is 0 Å². The van der Waals surface area contributed by atoms with Crippen molar-refractivity contribution in [3.63, 3.8) is 0 Å². The van der Waals surface area contributed by atoms with Crippen LogP contribution in [0.5, 0.6) is 0 Å². The van der Waals surface area contributed by atoms with E-state index in [2.05, 4.69) is 32.0 Å². The first kappa shape index (κ1) is 11.7. The summed E-state index contributed by atoms with van der Waals surface area (Å²) in [5, 5.41) is 0. The Morgan fingerprint density at radius 3 is 2.50 bits per heavy atom. The van der Waals surface area contributed by atoms with Gasteiger partial charge in [0.1, 0.15) is 0 Å². The van der Waals surface area contributed by atoms with Gasteiger partial charge in [0.05, 0.1) is 10.8 Å². The van der Waals surface area contributed by atoms with Gasteiger partial charge in [-0.25, -0.2) is 4.21 Å². The zero-order valence-corrected chi connectivity index (χ0v) is 11.5. The minimum Gasteiger partial charge on any atom is -0.249 e. The largest absolute Gasteiger partial charge is 0.249 e. The molecule has 0 saturated carbocycles. The highest BCUT2D eigenvalue weighted by atomic mass is 32.2. The lowest BCUT2D eigenvalue weighted by Crippen LogP contribution is -2.09. The topological polar surface area (TPSA) is 17.1 Å². The molecule has 0 fully saturated rings. The normalized spacial score (nSPS) is 17.4. The van der Waals surface area contributed by atoms with Gasteiger partial charge in [0.25, 0.3) is 0 Å². The molecule has 0 bridgehead atoms. The van der Waals surface area contributed by atoms with Gasteiger partial charge < -0.3 is 0 Å². The fourth-order valence-corrected chi connectivity index (χ4v) is 3.81. The Kier molecular flexibility index (Phi) is 2.83. The van der Waals surface area contributed by atoms with Crippen molar-refractivity contribution < 1.29 is 4.21 Å². The van der Waals surface area contributed by atoms with Gasteiger partial charge in [-0.15, -0.1) is 0 Å². The fraction of sp³-hybridized carbons (Fsp3) is 0.250. The second-order valence-corrected chi connectivity index (χ2v) is 6.49. The van der Waals surface area contributed by atoms with E-state index >= 15 is 0 Å². The molecule has 0 radical (unpaired) electrons. The SMILES string of the molecule is CC(C)c1ccc2c(c1)Cc1ccccc1S2=O. The summed E-state index contributed by atoms with van der Waals surface area (Å²) < 4.78 is 12.5. The summed E-state index contributed by atoms with van der Waals surface area (Å²) in [5.41, 5.74) is 3.74. The van der Waals surface area contributed by atoms with E-state index in [1.54, 1.807) is 0 Å². The standard InChI is InChI=1S/C16H16OS/c1-11(2)12-7-8-16-14(9-12)10-13-5-3-4-6-15(13)18(16)17/h3-9,11H,10H2,1-2H3. The van der Waals surface area contributed by atoms with Crippen LogP contribution in [0.25, 0.3) is 0 Å². The van der Waals surface area contributed by atoms with Crippen LogP contribution in [0, 0.1) is 0 Å². The maximum Gasteiger partial charge on any atom is 0.0855 e. The molecule has 0 aromatic heterocycles. The van der Waals surface area contributed by atoms with Crippen molar-refractivity contribution in [3.8, 4) is 0 Å². The molecular weight excluding hydrogens is 240 g/mol. The number of rotatable bonds is 1. The van der Waals surface area contributed by atoms with E-state index in [1.807, 2.05) is 24.3 Å². The Hall–Kier alpha value is -1.41. The first-order valence-corrected chi connectivity index (χ1v) is 7.44. The van der Waals surface area contributed by atoms with Crippen LogP contribution in [0.4, 0.5) is 0 Å². The number of fused-ring (bicyclic) bond motifs is 2. The average molecular weight is 256 g/mol. The predicted molar refractivity (Wildman–Crippen MR) is 74.5 cm³/mol. The van der Waals surface area contributed by atoms with Crippen molar-refractivity contribution in [3.05, 3.63) is 59.2 Å². The third kappa shape index (κ3) is 1.81. The van der Waals surface area contributed by atoms with Crippen LogP contribution >= 0.6 is 0 Å². The lowest BCUT2D eigenvalue weighted by Gasteiger charge is -2.20. The molecular formula is C16H16OS. The third-order valence-corrected chi connectivity index (χ3v) is 5.10. The molecule has 1 aliphatic rings. The van der Waals surface area contributed by atoms with E-state index in [0.717, 1.165) is 16.2 Å². The van der Waals surface area contributed by atoms with Gasteiger partial charge >= 0.3 is 0 Å². The molecule has 1 unspecified atom stereocenters. The second-order valence-electron chi connectivity index (χ2n) is 5.08. The summed E-state index contributed by atoms with van der Waals surface area (Å²) in [6.07, 6.45) is 0.901. The summed E-state index contributed by atoms with van der Waals surface area (Å²) in [5.74, 6) is 0.515. The van der Waals surface area contributed by atoms with Crippen molar-refractivity contribution >= 4 is 10.8 Å². The lowest BCUT2D eigenvalue weighted by atomic mass is 9.97. The quantitative estimate of drug-likeness (QED) is 0.645. The van der Waals surface area contributed by atoms with Gasteiger partial charge in [0.15, 0.2) is 0 Å². The molecule has 0 amide bonds. The molecule has 2 aromatic carbocycles. The van der Waals surface area contributed by atoms with Gasteiger partial charge in [-0.2, -0.15) is 0 Å². The van der Waals surface area contributed by atoms with Crippen molar-refractivity contribution in [2.24, 2.45) is 0 Å². The summed E-state index contributed by atoms with van der Waals surface area (Å²) in [4.78, 5) is 1.96. The molecule has 2 aromatic rings. The predicted octanol–water partition coefficient (Wildman–Crippen LogP) is 3.88. The number of benzene rings is 2. The monoisotopic (exact) mass is 256 g/mol. The maximum atomic E-state index is 12.5. The van der Waals surface area contributed by atoms with E-state index in [4.69, 9.17) is 0 Å². The van der Waals surface area contributed by atoms with Gasteiger partial charge in [-0.1, -0.05) is 44.2 Å². The van der Waals surface area contributed by atoms with Crippen LogP contribution in [0.15, 0.2) is 52.3 Å². The highest BCUT2D eigenvalue weighted by Crippen LogP contribution is 2.32. The average Bonchev–Trinajstić information content (AvgIpc) is 2.38. The summed E-state index contributed by atoms with van der Waals surface area (Å²) in [6.45, 7) is 4.38. The van der Waals surface area contributed by atoms with Crippen LogP contribution in [0.2, 0.25) is 0 Å². The third-order valence-electron chi connectivity index (χ3n) is 3.50. The Morgan fingerprint density at radius 2 is 1.72 bits per heavy atom. The van der Waals surface area contributed by atoms with Crippen LogP contribution in [-0.2, 0) is 17.2 Å². The first-order valence-electron chi connectivity index (χ1n) is 6.29. The van der Waals surface area contributed by atoms with Crippen molar-refractivity contribution in [2.75, 3.05) is 0 Å². The second kappa shape index (κ2) is 4.36. The Bertz CT molecular complexity index is 629. The lowest BCUT2D eigenvalue weighted by molar-refractivity contribution is 0.679. The molecule has 2 heteroatoms. The molecule has 1 aliphatic heterocycles. The molecule has 1 atom stereocenters. The molecule has 0 spiro atoms. The highest BCUT2D eigenvalue weighted by molar-refractivity contribution is 7.85. The van der Waals surface area contributed by atoms with E-state index in [0.29, 0.717) is 5.92 Å². The molecule has 1 nitrogen and oxygen atoms in total. The molecule has 0 saturated heterocycles. The van der Waals surface area contributed by atoms with Crippen LogP contribution < -0.4 is 0 Å². The smallest absolute Gasteiger partial charge is 0.0855 e. The van der Waals surface area contributed by atoms with Crippen LogP contribution in [-0.4, -0.2) is 4.21 Å². The number of hydrogen-bond acceptors (Lipinski definition) is 1. The van der Waals surface area contributed by atoms with Gasteiger partial charge in [0, 0.05) is 9.79 Å². The van der Waals surface area contributed by atoms with Crippen LogP contribution in [0.3, 0.4) is 0 Å². The molecule has 3 rings (SSSR count). The minimum absolute atomic E-state index is 0.515. The Morgan fingerprint density at radius 1 is 1.00 bits per heavy atom. The van der Waals surface area contributed by atoms with Gasteiger partial charge in [-0.05, 0) is 41.2 Å². The maximum absolute atomic E-state index is 12.5. The van der Waals surface area contributed by atoms with Crippen molar-refractivity contribution in [1.29, 1.82) is 0 Å². The van der Waals surface area contributed by atoms with Crippen molar-refractivity contribution in [2.45, 2.75) is 36.0 Å². The zero-order chi connectivity index (χ0) is 12.7. The van der Waals surface area contributed by atoms with E-state index in [9.17, 15) is 4.21 Å². The first-order chi connectivity index (χ1) is 8.66. The molecule has 18 heavy (non-hydrogen) atoms. The fourth-order valence-electron chi connectivity index (χ4n) is 2.43. The zero-order valence-electron chi connectivity index (χ0n) is 10.6. The molecule has 1 heterocycles. The minimum atomic E-state index is -1.01. The van der Waals surface area contributed by atoms with Crippen LogP contribution in [0.1, 0.15) is 36.5 Å². The summed E-state index contributed by atoms with van der Waals surface area (Å²) in [6, 6.07) is 14.4. The Labute approximate surface area is 110 Å². The molecule has 0 N–H and O–H groups in total. The van der Waals surface area contributed by atoms with E-state index in [1.165, 1.54) is 16.7 Å². The molecule has 92 valence electrons.